The Morgan fingerprint density at radius 1 is 1.57 bits per heavy atom. The normalized spacial score (nSPS) is 20.6. The highest BCUT2D eigenvalue weighted by Crippen LogP contribution is 2.27. The van der Waals surface area contributed by atoms with E-state index >= 15 is 0 Å². The maximum Gasteiger partial charge on any atom is 0.283 e. The Morgan fingerprint density at radius 3 is 2.90 bits per heavy atom. The Balaban J connectivity index is 0.00000220. The number of hydrogen-bond donors (Lipinski definition) is 1. The highest BCUT2D eigenvalue weighted by molar-refractivity contribution is 9.10. The van der Waals surface area contributed by atoms with E-state index in [0.717, 1.165) is 31.6 Å². The number of hydrogen-bond acceptors (Lipinski definition) is 4. The fraction of sp³-hybridized carbons (Fsp3) is 0.571. The summed E-state index contributed by atoms with van der Waals surface area (Å²) in [5.41, 5.74) is 7.09. The molecule has 5 nitrogen and oxygen atoms in total. The van der Waals surface area contributed by atoms with Gasteiger partial charge in [0.2, 0.25) is 0 Å². The van der Waals surface area contributed by atoms with Gasteiger partial charge in [0, 0.05) is 25.2 Å². The number of likely N-dealkylation sites (tertiary alicyclic amines) is 1. The lowest BCUT2D eigenvalue weighted by atomic mass is 9.92. The molecular weight excluding hydrogens is 358 g/mol. The average molecular weight is 379 g/mol. The first-order valence-electron chi connectivity index (χ1n) is 6.88. The van der Waals surface area contributed by atoms with Crippen molar-refractivity contribution in [3.8, 4) is 0 Å². The van der Waals surface area contributed by atoms with Gasteiger partial charge in [-0.1, -0.05) is 6.07 Å². The zero-order valence-electron chi connectivity index (χ0n) is 12.0. The van der Waals surface area contributed by atoms with Crippen LogP contribution in [0.25, 0.3) is 0 Å². The highest BCUT2D eigenvalue weighted by atomic mass is 79.9. The van der Waals surface area contributed by atoms with Gasteiger partial charge in [-0.3, -0.25) is 15.0 Å². The SMILES string of the molecule is CC(N)C1CCCN(Cc2ccc(Br)c([N+](=O)[O-])c2)C1.Cl. The number of piperidine rings is 1. The van der Waals surface area contributed by atoms with Gasteiger partial charge in [0.1, 0.15) is 0 Å². The van der Waals surface area contributed by atoms with E-state index in [4.69, 9.17) is 5.73 Å². The van der Waals surface area contributed by atoms with Crippen LogP contribution in [0.1, 0.15) is 25.3 Å². The summed E-state index contributed by atoms with van der Waals surface area (Å²) in [6.07, 6.45) is 2.32. The smallest absolute Gasteiger partial charge is 0.283 e. The summed E-state index contributed by atoms with van der Waals surface area (Å²) in [6, 6.07) is 5.55. The van der Waals surface area contributed by atoms with Crippen LogP contribution in [0, 0.1) is 16.0 Å². The third-order valence-electron chi connectivity index (χ3n) is 3.90. The van der Waals surface area contributed by atoms with Crippen molar-refractivity contribution in [3.63, 3.8) is 0 Å². The molecule has 1 aromatic carbocycles. The molecule has 1 fully saturated rings. The van der Waals surface area contributed by atoms with Crippen molar-refractivity contribution in [2.75, 3.05) is 13.1 Å². The van der Waals surface area contributed by atoms with Crippen LogP contribution in [0.4, 0.5) is 5.69 Å². The quantitative estimate of drug-likeness (QED) is 0.644. The molecule has 118 valence electrons. The Morgan fingerprint density at radius 2 is 2.29 bits per heavy atom. The summed E-state index contributed by atoms with van der Waals surface area (Å²) in [4.78, 5) is 12.9. The number of halogens is 2. The minimum Gasteiger partial charge on any atom is -0.328 e. The summed E-state index contributed by atoms with van der Waals surface area (Å²) in [6.45, 7) is 4.81. The lowest BCUT2D eigenvalue weighted by Crippen LogP contribution is -2.41. The number of nitrogens with zero attached hydrogens (tertiary/aromatic N) is 2. The Kier molecular flexibility index (Phi) is 7.06. The first-order valence-corrected chi connectivity index (χ1v) is 7.67. The lowest BCUT2D eigenvalue weighted by Gasteiger charge is -2.34. The van der Waals surface area contributed by atoms with E-state index in [9.17, 15) is 10.1 Å². The van der Waals surface area contributed by atoms with Crippen molar-refractivity contribution in [3.05, 3.63) is 38.3 Å². The lowest BCUT2D eigenvalue weighted by molar-refractivity contribution is -0.385. The molecule has 2 atom stereocenters. The van der Waals surface area contributed by atoms with E-state index in [-0.39, 0.29) is 29.1 Å². The van der Waals surface area contributed by atoms with Crippen LogP contribution in [0.5, 0.6) is 0 Å². The fourth-order valence-electron chi connectivity index (χ4n) is 2.72. The van der Waals surface area contributed by atoms with Gasteiger partial charge in [-0.25, -0.2) is 0 Å². The van der Waals surface area contributed by atoms with Gasteiger partial charge in [0.05, 0.1) is 9.40 Å². The number of benzene rings is 1. The first-order chi connectivity index (χ1) is 9.47. The average Bonchev–Trinajstić information content (AvgIpc) is 2.41. The molecule has 0 bridgehead atoms. The van der Waals surface area contributed by atoms with Crippen molar-refractivity contribution in [1.82, 2.24) is 4.90 Å². The fourth-order valence-corrected chi connectivity index (χ4v) is 3.11. The zero-order chi connectivity index (χ0) is 14.7. The molecule has 7 heteroatoms. The molecule has 1 aliphatic rings. The van der Waals surface area contributed by atoms with Crippen molar-refractivity contribution >= 4 is 34.0 Å². The topological polar surface area (TPSA) is 72.4 Å². The standard InChI is InChI=1S/C14H20BrN3O2.ClH/c1-10(16)12-3-2-6-17(9-12)8-11-4-5-13(15)14(7-11)18(19)20;/h4-5,7,10,12H,2-3,6,8-9,16H2,1H3;1H. The van der Waals surface area contributed by atoms with Crippen molar-refractivity contribution in [2.24, 2.45) is 11.7 Å². The molecule has 0 spiro atoms. The second-order valence-electron chi connectivity index (χ2n) is 5.54. The minimum atomic E-state index is -0.353. The van der Waals surface area contributed by atoms with Gasteiger partial charge in [-0.05, 0) is 59.8 Å². The van der Waals surface area contributed by atoms with E-state index in [2.05, 4.69) is 27.8 Å². The minimum absolute atomic E-state index is 0. The van der Waals surface area contributed by atoms with Crippen LogP contribution in [-0.4, -0.2) is 29.0 Å². The summed E-state index contributed by atoms with van der Waals surface area (Å²) >= 11 is 3.21. The number of nitro benzene ring substituents is 1. The summed E-state index contributed by atoms with van der Waals surface area (Å²) in [5, 5.41) is 11.0. The molecule has 0 aromatic heterocycles. The largest absolute Gasteiger partial charge is 0.328 e. The molecule has 2 N–H and O–H groups in total. The third-order valence-corrected chi connectivity index (χ3v) is 4.57. The number of nitro groups is 1. The van der Waals surface area contributed by atoms with Crippen LogP contribution < -0.4 is 5.73 Å². The Bertz CT molecular complexity index is 499. The van der Waals surface area contributed by atoms with Gasteiger partial charge < -0.3 is 5.73 Å². The van der Waals surface area contributed by atoms with Gasteiger partial charge in [-0.15, -0.1) is 12.4 Å². The predicted molar refractivity (Wildman–Crippen MR) is 89.7 cm³/mol. The predicted octanol–water partition coefficient (Wildman–Crippen LogP) is 3.34. The second-order valence-corrected chi connectivity index (χ2v) is 6.39. The maximum atomic E-state index is 11.0. The first kappa shape index (κ1) is 18.4. The summed E-state index contributed by atoms with van der Waals surface area (Å²) in [7, 11) is 0. The van der Waals surface area contributed by atoms with Crippen molar-refractivity contribution in [2.45, 2.75) is 32.4 Å². The molecule has 0 amide bonds. The molecule has 1 aliphatic heterocycles. The van der Waals surface area contributed by atoms with Crippen LogP contribution in [-0.2, 0) is 6.54 Å². The molecule has 0 aliphatic carbocycles. The molecule has 2 rings (SSSR count). The van der Waals surface area contributed by atoms with E-state index in [1.165, 1.54) is 6.42 Å². The molecule has 1 aromatic rings. The second kappa shape index (κ2) is 8.08. The van der Waals surface area contributed by atoms with Crippen LogP contribution >= 0.6 is 28.3 Å². The zero-order valence-corrected chi connectivity index (χ0v) is 14.4. The molecule has 1 saturated heterocycles. The third kappa shape index (κ3) is 4.92. The molecule has 0 saturated carbocycles. The van der Waals surface area contributed by atoms with E-state index < -0.39 is 0 Å². The van der Waals surface area contributed by atoms with Crippen molar-refractivity contribution in [1.29, 1.82) is 0 Å². The van der Waals surface area contributed by atoms with Gasteiger partial charge >= 0.3 is 0 Å². The number of nitrogens with two attached hydrogens (primary N) is 1. The number of rotatable bonds is 4. The Hall–Kier alpha value is -0.690. The molecule has 21 heavy (non-hydrogen) atoms. The van der Waals surface area contributed by atoms with E-state index in [1.54, 1.807) is 12.1 Å². The molecule has 1 heterocycles. The summed E-state index contributed by atoms with van der Waals surface area (Å²) < 4.78 is 0.526. The van der Waals surface area contributed by atoms with Gasteiger partial charge in [-0.2, -0.15) is 0 Å². The maximum absolute atomic E-state index is 11.0. The molecule has 2 unspecified atom stereocenters. The van der Waals surface area contributed by atoms with Crippen LogP contribution in [0.2, 0.25) is 0 Å². The summed E-state index contributed by atoms with van der Waals surface area (Å²) in [5.74, 6) is 0.522. The van der Waals surface area contributed by atoms with E-state index in [0.29, 0.717) is 10.4 Å². The van der Waals surface area contributed by atoms with Crippen molar-refractivity contribution < 1.29 is 4.92 Å². The van der Waals surface area contributed by atoms with Gasteiger partial charge in [0.25, 0.3) is 5.69 Å². The molecule has 0 radical (unpaired) electrons. The van der Waals surface area contributed by atoms with Crippen LogP contribution in [0.3, 0.4) is 0 Å². The monoisotopic (exact) mass is 377 g/mol. The van der Waals surface area contributed by atoms with E-state index in [1.807, 2.05) is 6.07 Å². The van der Waals surface area contributed by atoms with Gasteiger partial charge in [0.15, 0.2) is 0 Å². The molecular formula is C14H21BrClN3O2. The highest BCUT2D eigenvalue weighted by Gasteiger charge is 2.23. The Labute approximate surface area is 139 Å². The van der Waals surface area contributed by atoms with Crippen LogP contribution in [0.15, 0.2) is 22.7 Å².